The van der Waals surface area contributed by atoms with Gasteiger partial charge in [-0.15, -0.1) is 0 Å². The van der Waals surface area contributed by atoms with E-state index in [9.17, 15) is 8.42 Å². The molecule has 0 heterocycles. The Labute approximate surface area is 67.1 Å². The van der Waals surface area contributed by atoms with Crippen molar-refractivity contribution >= 4 is 18.5 Å². The molecule has 1 N–H and O–H groups in total. The number of hydrogen-bond acceptors (Lipinski definition) is 2. The molecule has 0 aliphatic rings. The van der Waals surface area contributed by atoms with E-state index in [1.165, 1.54) is 0 Å². The van der Waals surface area contributed by atoms with Crippen LogP contribution in [0.15, 0.2) is 0 Å². The van der Waals surface area contributed by atoms with Crippen molar-refractivity contribution in [2.45, 2.75) is 0 Å². The van der Waals surface area contributed by atoms with E-state index >= 15 is 0 Å². The average molecular weight is 134 g/mol. The van der Waals surface area contributed by atoms with Gasteiger partial charge in [-0.2, -0.15) is 8.42 Å². The molecule has 0 amide bonds. The first-order chi connectivity index (χ1) is 2.00. The second-order valence-electron chi connectivity index (χ2n) is 0.733. The second kappa shape index (κ2) is 5.12. The third kappa shape index (κ3) is 182. The Morgan fingerprint density at radius 3 is 1.43 bits per heavy atom. The third-order valence-corrected chi connectivity index (χ3v) is 0. The smallest absolute Gasteiger partial charge is 0.286 e. The van der Waals surface area contributed by atoms with Crippen molar-refractivity contribution < 1.29 is 42.5 Å². The molecule has 0 fully saturated rings. The van der Waals surface area contributed by atoms with E-state index in [2.05, 4.69) is 0 Å². The molecule has 40 valence electrons. The van der Waals surface area contributed by atoms with Gasteiger partial charge in [0.2, 0.25) is 0 Å². The largest absolute Gasteiger partial charge is 1.00 e. The van der Waals surface area contributed by atoms with Crippen molar-refractivity contribution in [1.82, 2.24) is 0 Å². The van der Waals surface area contributed by atoms with Gasteiger partial charge in [0.15, 0.2) is 0 Å². The molecule has 0 bridgehead atoms. The van der Waals surface area contributed by atoms with Crippen LogP contribution >= 0.6 is 0 Å². The van der Waals surface area contributed by atoms with Crippen LogP contribution in [-0.2, 0) is 10.1 Å². The van der Waals surface area contributed by atoms with Crippen molar-refractivity contribution in [2.24, 2.45) is 0 Å². The summed E-state index contributed by atoms with van der Waals surface area (Å²) < 4.78 is 25.9. The topological polar surface area (TPSA) is 54.4 Å². The van der Waals surface area contributed by atoms with Crippen LogP contribution in [0.1, 0.15) is 0 Å². The molecule has 0 aromatic rings. The molecule has 0 aromatic carbocycles. The normalized spacial score (nSPS) is 8.29. The Kier molecular flexibility index (Phi) is 11.5. The number of rotatable bonds is 0. The summed E-state index contributed by atoms with van der Waals surface area (Å²) >= 11 is 0. The van der Waals surface area contributed by atoms with Crippen LogP contribution in [-0.4, -0.2) is 27.6 Å². The van der Waals surface area contributed by atoms with Crippen molar-refractivity contribution in [3.63, 3.8) is 0 Å². The first-order valence-electron chi connectivity index (χ1n) is 0.924. The van der Waals surface area contributed by atoms with E-state index in [0.717, 1.165) is 0 Å². The third-order valence-electron chi connectivity index (χ3n) is 0. The van der Waals surface area contributed by atoms with E-state index in [4.69, 9.17) is 4.55 Å². The maximum Gasteiger partial charge on any atom is 1.00 e. The maximum atomic E-state index is 9.19. The van der Waals surface area contributed by atoms with Gasteiger partial charge in [-0.3, -0.25) is 4.55 Å². The first-order valence-corrected chi connectivity index (χ1v) is 2.77. The molecule has 0 aliphatic heterocycles. The molecule has 6 heteroatoms. The monoisotopic (exact) mass is 134 g/mol. The van der Waals surface area contributed by atoms with Crippen molar-refractivity contribution in [2.75, 3.05) is 6.26 Å². The molecular formula is CH8BNaO3S. The Morgan fingerprint density at radius 2 is 1.43 bits per heavy atom. The summed E-state index contributed by atoms with van der Waals surface area (Å²) in [7, 11) is -3.67. The summed E-state index contributed by atoms with van der Waals surface area (Å²) in [5, 5.41) is 0. The molecule has 3 nitrogen and oxygen atoms in total. The summed E-state index contributed by atoms with van der Waals surface area (Å²) in [4.78, 5) is 0. The molecule has 0 aromatic heterocycles. The summed E-state index contributed by atoms with van der Waals surface area (Å²) in [6.45, 7) is 0. The van der Waals surface area contributed by atoms with Gasteiger partial charge in [-0.05, 0) is 0 Å². The molecule has 0 radical (unpaired) electrons. The van der Waals surface area contributed by atoms with Crippen LogP contribution in [0, 0.1) is 0 Å². The molecule has 0 unspecified atom stereocenters. The maximum absolute atomic E-state index is 9.19. The van der Waals surface area contributed by atoms with E-state index in [1.54, 1.807) is 0 Å². The van der Waals surface area contributed by atoms with E-state index < -0.39 is 10.1 Å². The SMILES string of the molecule is CS(=O)(=O)O.[BH4-].[Na+]. The molecular weight excluding hydrogens is 126 g/mol. The molecule has 0 atom stereocenters. The minimum atomic E-state index is -3.67. The Bertz CT molecular complexity index is 98.1. The fourth-order valence-electron chi connectivity index (χ4n) is 0. The summed E-state index contributed by atoms with van der Waals surface area (Å²) in [5.74, 6) is 0. The molecule has 7 heavy (non-hydrogen) atoms. The zero-order valence-electron chi connectivity index (χ0n) is 3.67. The zero-order valence-corrected chi connectivity index (χ0v) is 6.49. The van der Waals surface area contributed by atoms with E-state index in [0.29, 0.717) is 6.26 Å². The van der Waals surface area contributed by atoms with Gasteiger partial charge in [0.25, 0.3) is 10.1 Å². The van der Waals surface area contributed by atoms with Gasteiger partial charge in [-0.25, -0.2) is 0 Å². The van der Waals surface area contributed by atoms with Crippen molar-refractivity contribution in [3.05, 3.63) is 0 Å². The zero-order chi connectivity index (χ0) is 4.50. The van der Waals surface area contributed by atoms with Gasteiger partial charge < -0.3 is 0 Å². The van der Waals surface area contributed by atoms with Gasteiger partial charge in [-0.1, -0.05) is 8.41 Å². The Balaban J connectivity index is -0.0000000800. The Morgan fingerprint density at radius 1 is 1.43 bits per heavy atom. The number of hydrogen-bond donors (Lipinski definition) is 1. The van der Waals surface area contributed by atoms with Crippen LogP contribution in [0.4, 0.5) is 0 Å². The van der Waals surface area contributed by atoms with Crippen LogP contribution in [0.25, 0.3) is 0 Å². The van der Waals surface area contributed by atoms with Crippen LogP contribution < -0.4 is 29.6 Å². The minimum absolute atomic E-state index is 0. The van der Waals surface area contributed by atoms with Gasteiger partial charge in [0.05, 0.1) is 6.26 Å². The van der Waals surface area contributed by atoms with Crippen LogP contribution in [0.3, 0.4) is 0 Å². The second-order valence-corrected chi connectivity index (χ2v) is 2.20. The molecule has 0 aliphatic carbocycles. The fraction of sp³-hybridized carbons (Fsp3) is 1.00. The summed E-state index contributed by atoms with van der Waals surface area (Å²) in [6.07, 6.45) is 0.715. The summed E-state index contributed by atoms with van der Waals surface area (Å²) in [6, 6.07) is 0. The predicted octanol–water partition coefficient (Wildman–Crippen LogP) is -4.94. The minimum Gasteiger partial charge on any atom is -0.286 e. The molecule has 0 saturated carbocycles. The predicted molar refractivity (Wildman–Crippen MR) is 28.8 cm³/mol. The average Bonchev–Trinajstić information content (AvgIpc) is 0.722. The van der Waals surface area contributed by atoms with Crippen LogP contribution in [0.2, 0.25) is 0 Å². The Hall–Kier alpha value is 0.975. The van der Waals surface area contributed by atoms with Crippen molar-refractivity contribution in [3.8, 4) is 0 Å². The van der Waals surface area contributed by atoms with Gasteiger partial charge in [0.1, 0.15) is 0 Å². The molecule has 0 saturated heterocycles. The van der Waals surface area contributed by atoms with E-state index in [1.807, 2.05) is 0 Å². The fourth-order valence-corrected chi connectivity index (χ4v) is 0. The standard InChI is InChI=1S/CH4O3S.BH4.Na/c1-5(2,3)4;;/h1H3,(H,2,3,4);1H4;/q;-1;+1. The van der Waals surface area contributed by atoms with Gasteiger partial charge in [0, 0.05) is 0 Å². The quantitative estimate of drug-likeness (QED) is 0.266. The van der Waals surface area contributed by atoms with Gasteiger partial charge >= 0.3 is 29.6 Å². The molecule has 0 rings (SSSR count). The van der Waals surface area contributed by atoms with E-state index in [-0.39, 0.29) is 38.0 Å². The van der Waals surface area contributed by atoms with Crippen molar-refractivity contribution in [1.29, 1.82) is 0 Å². The molecule has 0 spiro atoms. The summed E-state index contributed by atoms with van der Waals surface area (Å²) in [5.41, 5.74) is 0. The first kappa shape index (κ1) is 15.7. The van der Waals surface area contributed by atoms with Crippen LogP contribution in [0.5, 0.6) is 0 Å².